The zero-order valence-corrected chi connectivity index (χ0v) is 13.7. The molecule has 130 valence electrons. The number of anilines is 3. The van der Waals surface area contributed by atoms with Crippen LogP contribution in [-0.2, 0) is 21.2 Å². The van der Waals surface area contributed by atoms with Crippen molar-refractivity contribution in [2.45, 2.75) is 25.5 Å². The summed E-state index contributed by atoms with van der Waals surface area (Å²) in [4.78, 5) is 23.2. The predicted octanol–water partition coefficient (Wildman–Crippen LogP) is 1.66. The average molecular weight is 362 g/mol. The number of fused-ring (bicyclic) bond motifs is 2. The van der Waals surface area contributed by atoms with Gasteiger partial charge in [0.1, 0.15) is 5.82 Å². The Morgan fingerprint density at radius 1 is 1.24 bits per heavy atom. The summed E-state index contributed by atoms with van der Waals surface area (Å²) in [6.45, 7) is -0.424. The molecule has 1 fully saturated rings. The maximum atomic E-state index is 12.6. The SMILES string of the molecule is O=C1Nc2c(COS(=O)(=O)O)ccnc2N(C2CC2)c2ncccc21. The lowest BCUT2D eigenvalue weighted by molar-refractivity contribution is 0.102. The Morgan fingerprint density at radius 2 is 2.00 bits per heavy atom. The number of hydrogen-bond acceptors (Lipinski definition) is 7. The van der Waals surface area contributed by atoms with Crippen LogP contribution in [0.3, 0.4) is 0 Å². The molecule has 2 aromatic rings. The molecule has 9 nitrogen and oxygen atoms in total. The van der Waals surface area contributed by atoms with Gasteiger partial charge in [-0.2, -0.15) is 8.42 Å². The van der Waals surface area contributed by atoms with Crippen molar-refractivity contribution in [3.8, 4) is 0 Å². The Morgan fingerprint density at radius 3 is 2.72 bits per heavy atom. The average Bonchev–Trinajstić information content (AvgIpc) is 3.39. The van der Waals surface area contributed by atoms with Gasteiger partial charge in [-0.25, -0.2) is 14.2 Å². The highest BCUT2D eigenvalue weighted by molar-refractivity contribution is 7.80. The topological polar surface area (TPSA) is 122 Å². The van der Waals surface area contributed by atoms with Crippen LogP contribution in [-0.4, -0.2) is 34.9 Å². The van der Waals surface area contributed by atoms with Gasteiger partial charge in [0.15, 0.2) is 5.82 Å². The number of carbonyl (C=O) groups is 1. The highest BCUT2D eigenvalue weighted by atomic mass is 32.3. The van der Waals surface area contributed by atoms with E-state index in [0.717, 1.165) is 12.8 Å². The van der Waals surface area contributed by atoms with E-state index in [1.54, 1.807) is 18.3 Å². The van der Waals surface area contributed by atoms with Crippen molar-refractivity contribution in [1.82, 2.24) is 9.97 Å². The lowest BCUT2D eigenvalue weighted by atomic mass is 10.2. The molecule has 1 saturated carbocycles. The molecule has 2 aliphatic rings. The molecule has 0 unspecified atom stereocenters. The standard InChI is InChI=1S/C15H14N4O5S/c20-15-11-2-1-6-16-13(11)19(10-3-4-10)14-12(18-15)9(5-7-17-14)8-24-25(21,22)23/h1-2,5-7,10H,3-4,8H2,(H,18,20)(H,21,22,23). The fraction of sp³-hybridized carbons (Fsp3) is 0.267. The fourth-order valence-corrected chi connectivity index (χ4v) is 3.07. The van der Waals surface area contributed by atoms with E-state index in [1.807, 2.05) is 4.90 Å². The van der Waals surface area contributed by atoms with Crippen molar-refractivity contribution in [3.63, 3.8) is 0 Å². The summed E-state index contributed by atoms with van der Waals surface area (Å²) >= 11 is 0. The third-order valence-corrected chi connectivity index (χ3v) is 4.43. The number of hydrogen-bond donors (Lipinski definition) is 2. The molecule has 0 atom stereocenters. The molecule has 25 heavy (non-hydrogen) atoms. The van der Waals surface area contributed by atoms with Crippen LogP contribution in [0.1, 0.15) is 28.8 Å². The van der Waals surface area contributed by atoms with Crippen LogP contribution in [0.4, 0.5) is 17.3 Å². The number of aromatic nitrogens is 2. The Kier molecular flexibility index (Phi) is 3.67. The maximum Gasteiger partial charge on any atom is 0.397 e. The Balaban J connectivity index is 1.84. The van der Waals surface area contributed by atoms with Crippen molar-refractivity contribution in [2.24, 2.45) is 0 Å². The summed E-state index contributed by atoms with van der Waals surface area (Å²) in [7, 11) is -4.60. The maximum absolute atomic E-state index is 12.6. The third-order valence-electron chi connectivity index (χ3n) is 4.02. The van der Waals surface area contributed by atoms with Gasteiger partial charge < -0.3 is 10.2 Å². The zero-order valence-electron chi connectivity index (χ0n) is 12.9. The van der Waals surface area contributed by atoms with Gasteiger partial charge in [-0.1, -0.05) is 0 Å². The van der Waals surface area contributed by atoms with E-state index in [-0.39, 0.29) is 11.9 Å². The summed E-state index contributed by atoms with van der Waals surface area (Å²) in [5.74, 6) is 0.625. The largest absolute Gasteiger partial charge is 0.397 e. The molecular formula is C15H14N4O5S. The molecule has 2 N–H and O–H groups in total. The lowest BCUT2D eigenvalue weighted by Gasteiger charge is -2.24. The van der Waals surface area contributed by atoms with E-state index in [1.165, 1.54) is 12.3 Å². The molecule has 2 aromatic heterocycles. The minimum absolute atomic E-state index is 0.172. The molecule has 1 amide bonds. The first-order valence-electron chi connectivity index (χ1n) is 7.59. The number of nitrogens with zero attached hydrogens (tertiary/aromatic N) is 3. The van der Waals surface area contributed by atoms with Gasteiger partial charge in [-0.3, -0.25) is 9.35 Å². The van der Waals surface area contributed by atoms with E-state index in [9.17, 15) is 13.2 Å². The number of amides is 1. The first-order chi connectivity index (χ1) is 11.9. The van der Waals surface area contributed by atoms with E-state index >= 15 is 0 Å². The number of pyridine rings is 2. The van der Waals surface area contributed by atoms with Gasteiger partial charge >= 0.3 is 10.4 Å². The number of rotatable bonds is 4. The zero-order chi connectivity index (χ0) is 17.6. The smallest absolute Gasteiger partial charge is 0.318 e. The van der Waals surface area contributed by atoms with E-state index in [0.29, 0.717) is 28.5 Å². The van der Waals surface area contributed by atoms with Crippen LogP contribution >= 0.6 is 0 Å². The first-order valence-corrected chi connectivity index (χ1v) is 8.96. The molecule has 0 aromatic carbocycles. The van der Waals surface area contributed by atoms with Crippen molar-refractivity contribution in [1.29, 1.82) is 0 Å². The third kappa shape index (κ3) is 3.06. The molecule has 1 aliphatic heterocycles. The van der Waals surface area contributed by atoms with Gasteiger partial charge in [-0.15, -0.1) is 0 Å². The molecular weight excluding hydrogens is 348 g/mol. The quantitative estimate of drug-likeness (QED) is 0.788. The second kappa shape index (κ2) is 5.76. The van der Waals surface area contributed by atoms with Crippen molar-refractivity contribution in [2.75, 3.05) is 10.2 Å². The van der Waals surface area contributed by atoms with Crippen LogP contribution in [0, 0.1) is 0 Å². The minimum Gasteiger partial charge on any atom is -0.318 e. The van der Waals surface area contributed by atoms with E-state index in [4.69, 9.17) is 4.55 Å². The second-order valence-electron chi connectivity index (χ2n) is 5.79. The summed E-state index contributed by atoms with van der Waals surface area (Å²) in [5, 5.41) is 2.76. The van der Waals surface area contributed by atoms with Gasteiger partial charge in [-0.05, 0) is 31.0 Å². The molecule has 3 heterocycles. The van der Waals surface area contributed by atoms with Gasteiger partial charge in [0.25, 0.3) is 5.91 Å². The van der Waals surface area contributed by atoms with Crippen LogP contribution in [0.2, 0.25) is 0 Å². The van der Waals surface area contributed by atoms with Crippen LogP contribution in [0.15, 0.2) is 30.6 Å². The summed E-state index contributed by atoms with van der Waals surface area (Å²) in [6, 6.07) is 5.05. The molecule has 0 saturated heterocycles. The van der Waals surface area contributed by atoms with Crippen molar-refractivity contribution in [3.05, 3.63) is 41.7 Å². The molecule has 4 rings (SSSR count). The first kappa shape index (κ1) is 15.9. The number of nitrogens with one attached hydrogen (secondary N) is 1. The fourth-order valence-electron chi connectivity index (χ4n) is 2.79. The molecule has 1 aliphatic carbocycles. The summed E-state index contributed by atoms with van der Waals surface area (Å²) in [6.07, 6.45) is 4.99. The predicted molar refractivity (Wildman–Crippen MR) is 87.9 cm³/mol. The highest BCUT2D eigenvalue weighted by Crippen LogP contribution is 2.43. The lowest BCUT2D eigenvalue weighted by Crippen LogP contribution is -2.22. The minimum atomic E-state index is -4.60. The van der Waals surface area contributed by atoms with Crippen LogP contribution < -0.4 is 10.2 Å². The second-order valence-corrected chi connectivity index (χ2v) is 6.88. The monoisotopic (exact) mass is 362 g/mol. The van der Waals surface area contributed by atoms with E-state index in [2.05, 4.69) is 19.5 Å². The summed E-state index contributed by atoms with van der Waals surface area (Å²) in [5.41, 5.74) is 1.14. The highest BCUT2D eigenvalue weighted by Gasteiger charge is 2.38. The van der Waals surface area contributed by atoms with Gasteiger partial charge in [0, 0.05) is 24.0 Å². The number of carbonyl (C=O) groups excluding carboxylic acids is 1. The summed E-state index contributed by atoms with van der Waals surface area (Å²) < 4.78 is 35.0. The van der Waals surface area contributed by atoms with Gasteiger partial charge in [0.2, 0.25) is 0 Å². The molecule has 0 bridgehead atoms. The Hall–Kier alpha value is -2.56. The normalized spacial score (nSPS) is 16.7. The molecule has 0 spiro atoms. The van der Waals surface area contributed by atoms with Gasteiger partial charge in [0.05, 0.1) is 17.9 Å². The molecule has 10 heteroatoms. The van der Waals surface area contributed by atoms with Crippen molar-refractivity contribution >= 4 is 33.6 Å². The Bertz CT molecular complexity index is 958. The van der Waals surface area contributed by atoms with Crippen LogP contribution in [0.5, 0.6) is 0 Å². The van der Waals surface area contributed by atoms with Crippen molar-refractivity contribution < 1.29 is 21.9 Å². The Labute approximate surface area is 143 Å². The molecule has 0 radical (unpaired) electrons. The van der Waals surface area contributed by atoms with Crippen LogP contribution in [0.25, 0.3) is 0 Å². The van der Waals surface area contributed by atoms with E-state index < -0.39 is 17.0 Å².